The minimum Gasteiger partial charge on any atom is -0.370 e. The molecule has 1 aliphatic rings. The Morgan fingerprint density at radius 3 is 2.52 bits per heavy atom. The molecule has 0 unspecified atom stereocenters. The highest BCUT2D eigenvalue weighted by molar-refractivity contribution is 7.71. The first kappa shape index (κ1) is 16.3. The third-order valence-corrected chi connectivity index (χ3v) is 5.15. The number of amides is 1. The fraction of sp³-hybridized carbons (Fsp3) is 0.533. The molecule has 0 spiro atoms. The number of rotatable bonds is 6. The van der Waals surface area contributed by atoms with Crippen LogP contribution in [0.5, 0.6) is 0 Å². The molecule has 1 amide bonds. The summed E-state index contributed by atoms with van der Waals surface area (Å²) in [5, 5.41) is 0.444. The van der Waals surface area contributed by atoms with Crippen LogP contribution < -0.4 is 5.73 Å². The maximum atomic E-state index is 11.3. The van der Waals surface area contributed by atoms with Gasteiger partial charge in [-0.15, -0.1) is 0 Å². The van der Waals surface area contributed by atoms with Crippen molar-refractivity contribution in [2.45, 2.75) is 43.8 Å². The van der Waals surface area contributed by atoms with Crippen LogP contribution >= 0.6 is 11.6 Å². The van der Waals surface area contributed by atoms with E-state index in [4.69, 9.17) is 17.3 Å². The van der Waals surface area contributed by atoms with Crippen LogP contribution in [0.2, 0.25) is 5.02 Å². The maximum absolute atomic E-state index is 11.3. The highest BCUT2D eigenvalue weighted by Gasteiger charge is 2.28. The van der Waals surface area contributed by atoms with Crippen molar-refractivity contribution < 1.29 is 13.2 Å². The molecule has 116 valence electrons. The van der Waals surface area contributed by atoms with Crippen molar-refractivity contribution in [2.75, 3.05) is 0 Å². The van der Waals surface area contributed by atoms with Gasteiger partial charge < -0.3 is 5.73 Å². The number of nitrogens with two attached hydrogens (primary N) is 1. The molecule has 1 atom stereocenters. The molecular weight excluding hydrogens is 310 g/mol. The van der Waals surface area contributed by atoms with Gasteiger partial charge in [0.15, 0.2) is 0 Å². The highest BCUT2D eigenvalue weighted by atomic mass is 35.5. The molecule has 0 radical (unpaired) electrons. The van der Waals surface area contributed by atoms with Gasteiger partial charge in [-0.1, -0.05) is 36.6 Å². The second kappa shape index (κ2) is 7.27. The van der Waals surface area contributed by atoms with E-state index in [0.717, 1.165) is 18.4 Å². The van der Waals surface area contributed by atoms with Crippen molar-refractivity contribution in [3.8, 4) is 0 Å². The van der Waals surface area contributed by atoms with E-state index in [9.17, 15) is 13.2 Å². The van der Waals surface area contributed by atoms with Crippen LogP contribution in [0.25, 0.3) is 0 Å². The first-order chi connectivity index (χ1) is 9.97. The molecule has 2 rings (SSSR count). The summed E-state index contributed by atoms with van der Waals surface area (Å²) >= 11 is 6.18. The molecule has 0 heterocycles. The molecule has 1 aromatic rings. The quantitative estimate of drug-likeness (QED) is 0.787. The molecule has 1 aliphatic carbocycles. The number of hydrogen-bond donors (Lipinski definition) is 2. The molecule has 6 heteroatoms. The van der Waals surface area contributed by atoms with Crippen LogP contribution in [0.3, 0.4) is 0 Å². The molecule has 21 heavy (non-hydrogen) atoms. The minimum atomic E-state index is -2.50. The van der Waals surface area contributed by atoms with Gasteiger partial charge in [0.1, 0.15) is 10.7 Å². The minimum absolute atomic E-state index is 0.0572. The van der Waals surface area contributed by atoms with Gasteiger partial charge in [0.05, 0.1) is 5.75 Å². The Bertz CT molecular complexity index is 587. The number of benzene rings is 1. The van der Waals surface area contributed by atoms with Crippen LogP contribution in [0.15, 0.2) is 18.2 Å². The fourth-order valence-corrected chi connectivity index (χ4v) is 4.10. The van der Waals surface area contributed by atoms with Gasteiger partial charge in [0, 0.05) is 11.4 Å². The lowest BCUT2D eigenvalue weighted by Crippen LogP contribution is -2.20. The average molecular weight is 330 g/mol. The molecule has 1 fully saturated rings. The largest absolute Gasteiger partial charge is 0.370 e. The van der Waals surface area contributed by atoms with Crippen molar-refractivity contribution in [3.05, 3.63) is 34.3 Å². The predicted octanol–water partition coefficient (Wildman–Crippen LogP) is 2.60. The van der Waals surface area contributed by atoms with Gasteiger partial charge in [0.25, 0.3) is 0 Å². The van der Waals surface area contributed by atoms with Crippen LogP contribution in [-0.4, -0.2) is 14.3 Å². The number of thiol groups is 1. The summed E-state index contributed by atoms with van der Waals surface area (Å²) in [5.74, 6) is 0.168. The Labute approximate surface area is 131 Å². The van der Waals surface area contributed by atoms with Crippen molar-refractivity contribution in [1.82, 2.24) is 0 Å². The van der Waals surface area contributed by atoms with E-state index in [0.29, 0.717) is 22.9 Å². The van der Waals surface area contributed by atoms with E-state index in [2.05, 4.69) is 0 Å². The molecule has 0 saturated heterocycles. The zero-order valence-electron chi connectivity index (χ0n) is 11.8. The topological polar surface area (TPSA) is 77.2 Å². The summed E-state index contributed by atoms with van der Waals surface area (Å²) < 4.78 is 21.6. The van der Waals surface area contributed by atoms with Crippen molar-refractivity contribution in [3.63, 3.8) is 0 Å². The Morgan fingerprint density at radius 2 is 2.00 bits per heavy atom. The summed E-state index contributed by atoms with van der Waals surface area (Å²) in [7, 11) is -2.50. The Balaban J connectivity index is 2.26. The second-order valence-electron chi connectivity index (χ2n) is 5.66. The van der Waals surface area contributed by atoms with E-state index in [1.165, 1.54) is 12.8 Å². The molecule has 0 aromatic heterocycles. The van der Waals surface area contributed by atoms with Crippen molar-refractivity contribution >= 4 is 28.2 Å². The first-order valence-electron chi connectivity index (χ1n) is 7.16. The maximum Gasteiger partial charge on any atom is 0.218 e. The molecule has 0 aliphatic heterocycles. The van der Waals surface area contributed by atoms with E-state index in [1.54, 1.807) is 12.1 Å². The summed E-state index contributed by atoms with van der Waals surface area (Å²) in [6.45, 7) is 0. The van der Waals surface area contributed by atoms with Crippen LogP contribution in [0.1, 0.15) is 49.1 Å². The second-order valence-corrected chi connectivity index (χ2v) is 7.05. The lowest BCUT2D eigenvalue weighted by molar-refractivity contribution is -0.118. The SMILES string of the molecule is NC(=O)C[C@@H](c1ccc(C[SH](=O)=O)c(Cl)c1)C1CCCC1. The first-order valence-corrected chi connectivity index (χ1v) is 8.90. The normalized spacial score (nSPS) is 17.2. The summed E-state index contributed by atoms with van der Waals surface area (Å²) in [4.78, 5) is 11.3. The molecular formula is C15H20ClNO3S. The third kappa shape index (κ3) is 4.45. The Hall–Kier alpha value is -1.07. The predicted molar refractivity (Wildman–Crippen MR) is 84.0 cm³/mol. The number of hydrogen-bond acceptors (Lipinski definition) is 3. The van der Waals surface area contributed by atoms with Crippen LogP contribution in [-0.2, 0) is 21.3 Å². The zero-order valence-corrected chi connectivity index (χ0v) is 13.4. The monoisotopic (exact) mass is 329 g/mol. The van der Waals surface area contributed by atoms with E-state index in [-0.39, 0.29) is 17.6 Å². The summed E-state index contributed by atoms with van der Waals surface area (Å²) in [6.07, 6.45) is 4.88. The number of primary amides is 1. The standard InChI is InChI=1S/C15H20ClNO3S/c16-14-7-11(5-6-12(14)9-21(19)20)13(8-15(17)18)10-3-1-2-4-10/h5-7,10,13,21H,1-4,8-9H2,(H2,17,18)/t13-/m1/s1. The number of carbonyl (C=O) groups excluding carboxylic acids is 1. The summed E-state index contributed by atoms with van der Waals surface area (Å²) in [5.41, 5.74) is 6.96. The smallest absolute Gasteiger partial charge is 0.218 e. The highest BCUT2D eigenvalue weighted by Crippen LogP contribution is 2.40. The van der Waals surface area contributed by atoms with E-state index in [1.807, 2.05) is 6.07 Å². The fourth-order valence-electron chi connectivity index (χ4n) is 3.19. The van der Waals surface area contributed by atoms with Crippen molar-refractivity contribution in [1.29, 1.82) is 0 Å². The van der Waals surface area contributed by atoms with Gasteiger partial charge >= 0.3 is 0 Å². The molecule has 1 saturated carbocycles. The van der Waals surface area contributed by atoms with Crippen LogP contribution in [0, 0.1) is 5.92 Å². The third-order valence-electron chi connectivity index (χ3n) is 4.19. The molecule has 4 nitrogen and oxygen atoms in total. The number of carbonyl (C=O) groups is 1. The van der Waals surface area contributed by atoms with Gasteiger partial charge in [-0.3, -0.25) is 4.79 Å². The van der Waals surface area contributed by atoms with E-state index >= 15 is 0 Å². The zero-order chi connectivity index (χ0) is 15.4. The molecule has 0 bridgehead atoms. The molecule has 1 aromatic carbocycles. The lowest BCUT2D eigenvalue weighted by atomic mass is 9.82. The number of halogens is 1. The van der Waals surface area contributed by atoms with Gasteiger partial charge in [-0.05, 0) is 41.9 Å². The van der Waals surface area contributed by atoms with Gasteiger partial charge in [-0.25, -0.2) is 8.42 Å². The lowest BCUT2D eigenvalue weighted by Gasteiger charge is -2.23. The van der Waals surface area contributed by atoms with E-state index < -0.39 is 10.7 Å². The Kier molecular flexibility index (Phi) is 5.65. The Morgan fingerprint density at radius 1 is 1.33 bits per heavy atom. The van der Waals surface area contributed by atoms with Gasteiger partial charge in [0.2, 0.25) is 5.91 Å². The van der Waals surface area contributed by atoms with Crippen molar-refractivity contribution in [2.24, 2.45) is 11.7 Å². The average Bonchev–Trinajstić information content (AvgIpc) is 2.91. The van der Waals surface area contributed by atoms with Gasteiger partial charge in [-0.2, -0.15) is 0 Å². The van der Waals surface area contributed by atoms with Crippen LogP contribution in [0.4, 0.5) is 0 Å². The molecule has 2 N–H and O–H groups in total. The summed E-state index contributed by atoms with van der Waals surface area (Å²) in [6, 6.07) is 5.42.